The van der Waals surface area contributed by atoms with Crippen LogP contribution in [0.15, 0.2) is 41.0 Å². The second-order valence-electron chi connectivity index (χ2n) is 5.82. The smallest absolute Gasteiger partial charge is 0.122 e. The Hall–Kier alpha value is -1.96. The number of likely N-dealkylation sites (tertiary alicyclic amines) is 1. The number of nitrogens with zero attached hydrogens (tertiary/aromatic N) is 2. The molecule has 4 rings (SSSR count). The summed E-state index contributed by atoms with van der Waals surface area (Å²) in [6.45, 7) is 3.61. The third-order valence-corrected chi connectivity index (χ3v) is 4.47. The van der Waals surface area contributed by atoms with E-state index in [1.807, 2.05) is 30.3 Å². The highest BCUT2D eigenvalue weighted by Crippen LogP contribution is 2.42. The standard InChI is InChI=1S/C17H16N2O2.ClH/c18-7-12-3-4-17-15(6-12)16-10-19(8-13(16)11-21-17)9-14-2-1-5-20-14;/h1-6,13,16H,8-11H2;1H. The lowest BCUT2D eigenvalue weighted by Crippen LogP contribution is -2.25. The first-order chi connectivity index (χ1) is 10.3. The predicted octanol–water partition coefficient (Wildman–Crippen LogP) is 3.18. The molecule has 0 bridgehead atoms. The highest BCUT2D eigenvalue weighted by Gasteiger charge is 2.38. The van der Waals surface area contributed by atoms with Gasteiger partial charge in [0, 0.05) is 30.5 Å². The van der Waals surface area contributed by atoms with Gasteiger partial charge in [0.1, 0.15) is 11.5 Å². The van der Waals surface area contributed by atoms with Gasteiger partial charge >= 0.3 is 0 Å². The summed E-state index contributed by atoms with van der Waals surface area (Å²) in [5, 5.41) is 9.09. The number of halogens is 1. The van der Waals surface area contributed by atoms with Crippen LogP contribution in [0.5, 0.6) is 5.75 Å². The number of hydrogen-bond acceptors (Lipinski definition) is 4. The van der Waals surface area contributed by atoms with E-state index >= 15 is 0 Å². The third-order valence-electron chi connectivity index (χ3n) is 4.47. The number of rotatable bonds is 2. The van der Waals surface area contributed by atoms with Crippen molar-refractivity contribution in [3.8, 4) is 11.8 Å². The third kappa shape index (κ3) is 2.58. The first-order valence-corrected chi connectivity index (χ1v) is 7.25. The maximum absolute atomic E-state index is 9.09. The highest BCUT2D eigenvalue weighted by atomic mass is 35.5. The number of hydrogen-bond donors (Lipinski definition) is 0. The number of furan rings is 1. The zero-order valence-electron chi connectivity index (χ0n) is 12.1. The van der Waals surface area contributed by atoms with Gasteiger partial charge in [-0.3, -0.25) is 4.90 Å². The van der Waals surface area contributed by atoms with Gasteiger partial charge in [0.15, 0.2) is 0 Å². The zero-order valence-corrected chi connectivity index (χ0v) is 12.9. The molecule has 22 heavy (non-hydrogen) atoms. The molecular weight excluding hydrogens is 300 g/mol. The zero-order chi connectivity index (χ0) is 14.2. The largest absolute Gasteiger partial charge is 0.493 e. The molecule has 114 valence electrons. The minimum Gasteiger partial charge on any atom is -0.493 e. The van der Waals surface area contributed by atoms with Crippen molar-refractivity contribution in [1.29, 1.82) is 5.26 Å². The molecule has 2 atom stereocenters. The van der Waals surface area contributed by atoms with Crippen LogP contribution >= 0.6 is 12.4 Å². The molecule has 1 aromatic carbocycles. The van der Waals surface area contributed by atoms with Gasteiger partial charge in [-0.05, 0) is 30.3 Å². The summed E-state index contributed by atoms with van der Waals surface area (Å²) in [7, 11) is 0. The van der Waals surface area contributed by atoms with Gasteiger partial charge in [0.25, 0.3) is 0 Å². The van der Waals surface area contributed by atoms with E-state index in [-0.39, 0.29) is 12.4 Å². The van der Waals surface area contributed by atoms with Crippen molar-refractivity contribution in [2.45, 2.75) is 12.5 Å². The van der Waals surface area contributed by atoms with Gasteiger partial charge in [-0.1, -0.05) is 0 Å². The Morgan fingerprint density at radius 3 is 2.95 bits per heavy atom. The quantitative estimate of drug-likeness (QED) is 0.854. The summed E-state index contributed by atoms with van der Waals surface area (Å²) >= 11 is 0. The molecule has 0 amide bonds. The lowest BCUT2D eigenvalue weighted by atomic mass is 9.86. The molecule has 0 saturated carbocycles. The molecular formula is C17H17ClN2O2. The van der Waals surface area contributed by atoms with Crippen LogP contribution in [0.1, 0.15) is 22.8 Å². The van der Waals surface area contributed by atoms with Crippen molar-refractivity contribution in [1.82, 2.24) is 4.90 Å². The van der Waals surface area contributed by atoms with Crippen molar-refractivity contribution in [3.63, 3.8) is 0 Å². The van der Waals surface area contributed by atoms with Crippen molar-refractivity contribution >= 4 is 12.4 Å². The van der Waals surface area contributed by atoms with Gasteiger partial charge in [-0.15, -0.1) is 12.4 Å². The fourth-order valence-electron chi connectivity index (χ4n) is 3.47. The van der Waals surface area contributed by atoms with Crippen LogP contribution in [0.3, 0.4) is 0 Å². The lowest BCUT2D eigenvalue weighted by Gasteiger charge is -2.27. The Balaban J connectivity index is 0.00000144. The van der Waals surface area contributed by atoms with E-state index in [2.05, 4.69) is 11.0 Å². The molecule has 2 unspecified atom stereocenters. The molecule has 0 radical (unpaired) electrons. The van der Waals surface area contributed by atoms with Crippen LogP contribution in [0, 0.1) is 17.2 Å². The maximum atomic E-state index is 9.09. The Kier molecular flexibility index (Phi) is 4.10. The molecule has 0 N–H and O–H groups in total. The maximum Gasteiger partial charge on any atom is 0.122 e. The van der Waals surface area contributed by atoms with Crippen LogP contribution in [0.2, 0.25) is 0 Å². The molecule has 5 heteroatoms. The molecule has 2 aromatic rings. The summed E-state index contributed by atoms with van der Waals surface area (Å²) in [5.74, 6) is 2.90. The SMILES string of the molecule is Cl.N#Cc1ccc2c(c1)C1CN(Cc3ccco3)CC1CO2. The number of benzene rings is 1. The summed E-state index contributed by atoms with van der Waals surface area (Å²) in [6, 6.07) is 11.9. The van der Waals surface area contributed by atoms with Gasteiger partial charge in [0.2, 0.25) is 0 Å². The van der Waals surface area contributed by atoms with Crippen LogP contribution in [-0.4, -0.2) is 24.6 Å². The molecule has 1 saturated heterocycles. The Morgan fingerprint density at radius 1 is 1.27 bits per heavy atom. The van der Waals surface area contributed by atoms with Gasteiger partial charge in [-0.2, -0.15) is 5.26 Å². The van der Waals surface area contributed by atoms with E-state index in [1.54, 1.807) is 6.26 Å². The molecule has 4 nitrogen and oxygen atoms in total. The van der Waals surface area contributed by atoms with Crippen LogP contribution in [0.4, 0.5) is 0 Å². The molecule has 3 heterocycles. The predicted molar refractivity (Wildman–Crippen MR) is 84.1 cm³/mol. The summed E-state index contributed by atoms with van der Waals surface area (Å²) in [6.07, 6.45) is 1.72. The Morgan fingerprint density at radius 2 is 2.18 bits per heavy atom. The minimum atomic E-state index is 0. The molecule has 1 fully saturated rings. The molecule has 2 aliphatic heterocycles. The average molecular weight is 317 g/mol. The van der Waals surface area contributed by atoms with Gasteiger partial charge in [-0.25, -0.2) is 0 Å². The first kappa shape index (κ1) is 15.0. The van der Waals surface area contributed by atoms with E-state index in [1.165, 1.54) is 5.56 Å². The molecule has 0 spiro atoms. The fourth-order valence-corrected chi connectivity index (χ4v) is 3.47. The number of fused-ring (bicyclic) bond motifs is 3. The fraction of sp³-hybridized carbons (Fsp3) is 0.353. The normalized spacial score (nSPS) is 22.9. The monoisotopic (exact) mass is 316 g/mol. The summed E-state index contributed by atoms with van der Waals surface area (Å²) < 4.78 is 11.3. The van der Waals surface area contributed by atoms with Crippen molar-refractivity contribution in [3.05, 3.63) is 53.5 Å². The lowest BCUT2D eigenvalue weighted by molar-refractivity contribution is 0.210. The van der Waals surface area contributed by atoms with Crippen LogP contribution in [-0.2, 0) is 6.54 Å². The van der Waals surface area contributed by atoms with E-state index in [0.29, 0.717) is 17.4 Å². The Bertz CT molecular complexity index is 693. The van der Waals surface area contributed by atoms with E-state index < -0.39 is 0 Å². The molecule has 0 aliphatic carbocycles. The van der Waals surface area contributed by atoms with Crippen LogP contribution in [0.25, 0.3) is 0 Å². The van der Waals surface area contributed by atoms with E-state index in [0.717, 1.165) is 37.8 Å². The van der Waals surface area contributed by atoms with Crippen molar-refractivity contribution in [2.75, 3.05) is 19.7 Å². The van der Waals surface area contributed by atoms with E-state index in [4.69, 9.17) is 14.4 Å². The topological polar surface area (TPSA) is 49.4 Å². The Labute approximate surface area is 135 Å². The number of ether oxygens (including phenoxy) is 1. The average Bonchev–Trinajstić information content (AvgIpc) is 3.16. The summed E-state index contributed by atoms with van der Waals surface area (Å²) in [5.41, 5.74) is 1.90. The van der Waals surface area contributed by atoms with Crippen molar-refractivity contribution in [2.24, 2.45) is 5.92 Å². The summed E-state index contributed by atoms with van der Waals surface area (Å²) in [4.78, 5) is 2.41. The highest BCUT2D eigenvalue weighted by molar-refractivity contribution is 5.85. The second kappa shape index (κ2) is 6.04. The first-order valence-electron chi connectivity index (χ1n) is 7.25. The van der Waals surface area contributed by atoms with E-state index in [9.17, 15) is 0 Å². The second-order valence-corrected chi connectivity index (χ2v) is 5.82. The molecule has 2 aliphatic rings. The number of nitriles is 1. The van der Waals surface area contributed by atoms with Gasteiger partial charge < -0.3 is 9.15 Å². The van der Waals surface area contributed by atoms with Crippen LogP contribution < -0.4 is 4.74 Å². The van der Waals surface area contributed by atoms with Gasteiger partial charge in [0.05, 0.1) is 31.0 Å². The minimum absolute atomic E-state index is 0. The van der Waals surface area contributed by atoms with Crippen molar-refractivity contribution < 1.29 is 9.15 Å². The molecule has 1 aromatic heterocycles.